The molecule has 0 fully saturated rings. The second kappa shape index (κ2) is 4.29. The summed E-state index contributed by atoms with van der Waals surface area (Å²) in [6, 6.07) is 0. The molecule has 0 bridgehead atoms. The quantitative estimate of drug-likeness (QED) is 0.405. The predicted molar refractivity (Wildman–Crippen MR) is 35.1 cm³/mol. The van der Waals surface area contributed by atoms with E-state index >= 15 is 0 Å². The van der Waals surface area contributed by atoms with Crippen molar-refractivity contribution in [1.29, 1.82) is 0 Å². The monoisotopic (exact) mass is 118 g/mol. The minimum Gasteiger partial charge on any atom is -0.365 e. The van der Waals surface area contributed by atoms with Gasteiger partial charge in [-0.25, -0.2) is 0 Å². The van der Waals surface area contributed by atoms with Gasteiger partial charge in [0.25, 0.3) is 0 Å². The van der Waals surface area contributed by atoms with Gasteiger partial charge in [-0.3, -0.25) is 0 Å². The van der Waals surface area contributed by atoms with E-state index in [4.69, 9.17) is 4.52 Å². The summed E-state index contributed by atoms with van der Waals surface area (Å²) in [6.45, 7) is 6.46. The van der Waals surface area contributed by atoms with Crippen LogP contribution in [-0.2, 0) is 4.52 Å². The van der Waals surface area contributed by atoms with Gasteiger partial charge in [-0.15, -0.1) is 6.58 Å². The molecular formula is C5H11OP. The Kier molecular flexibility index (Phi) is 4.37. The van der Waals surface area contributed by atoms with E-state index in [9.17, 15) is 0 Å². The molecule has 0 aliphatic carbocycles. The molecule has 0 radical (unpaired) electrons. The van der Waals surface area contributed by atoms with Crippen molar-refractivity contribution in [3.63, 3.8) is 0 Å². The molecule has 0 N–H and O–H groups in total. The Labute approximate surface area is 47.0 Å². The van der Waals surface area contributed by atoms with Crippen molar-refractivity contribution in [3.05, 3.63) is 12.2 Å². The van der Waals surface area contributed by atoms with Crippen molar-refractivity contribution in [1.82, 2.24) is 0 Å². The number of hydrogen-bond donors (Lipinski definition) is 0. The lowest BCUT2D eigenvalue weighted by atomic mass is 10.3. The van der Waals surface area contributed by atoms with Gasteiger partial charge in [-0.05, 0) is 13.3 Å². The second-order valence-corrected chi connectivity index (χ2v) is 1.91. The normalized spacial score (nSPS) is 8.86. The van der Waals surface area contributed by atoms with Crippen LogP contribution in [0.25, 0.3) is 0 Å². The highest BCUT2D eigenvalue weighted by Gasteiger charge is 1.81. The molecule has 42 valence electrons. The summed E-state index contributed by atoms with van der Waals surface area (Å²) >= 11 is 0. The van der Waals surface area contributed by atoms with Crippen LogP contribution in [0, 0.1) is 0 Å². The van der Waals surface area contributed by atoms with Crippen molar-refractivity contribution < 1.29 is 4.52 Å². The molecule has 0 saturated carbocycles. The van der Waals surface area contributed by atoms with Crippen LogP contribution in [-0.4, -0.2) is 6.61 Å². The molecule has 0 aromatic heterocycles. The van der Waals surface area contributed by atoms with E-state index in [0.29, 0.717) is 0 Å². The molecule has 1 unspecified atom stereocenters. The first-order valence-corrected chi connectivity index (χ1v) is 2.70. The van der Waals surface area contributed by atoms with Gasteiger partial charge >= 0.3 is 0 Å². The van der Waals surface area contributed by atoms with Crippen LogP contribution in [0.15, 0.2) is 12.2 Å². The zero-order valence-electron chi connectivity index (χ0n) is 4.61. The first-order valence-electron chi connectivity index (χ1n) is 2.23. The lowest BCUT2D eigenvalue weighted by Gasteiger charge is -1.93. The van der Waals surface area contributed by atoms with Crippen molar-refractivity contribution in [2.75, 3.05) is 6.61 Å². The van der Waals surface area contributed by atoms with Gasteiger partial charge in [0.2, 0.25) is 0 Å². The summed E-state index contributed by atoms with van der Waals surface area (Å²) in [7, 11) is 2.20. The summed E-state index contributed by atoms with van der Waals surface area (Å²) < 4.78 is 4.71. The van der Waals surface area contributed by atoms with E-state index in [-0.39, 0.29) is 0 Å². The van der Waals surface area contributed by atoms with E-state index in [0.717, 1.165) is 13.0 Å². The first-order chi connectivity index (χ1) is 3.27. The van der Waals surface area contributed by atoms with E-state index in [2.05, 4.69) is 16.0 Å². The third-order valence-electron chi connectivity index (χ3n) is 0.647. The molecule has 0 heterocycles. The maximum atomic E-state index is 4.71. The van der Waals surface area contributed by atoms with Gasteiger partial charge in [0.1, 0.15) is 0 Å². The lowest BCUT2D eigenvalue weighted by molar-refractivity contribution is 0.377. The van der Waals surface area contributed by atoms with Gasteiger partial charge in [0.05, 0.1) is 6.61 Å². The average Bonchev–Trinajstić information content (AvgIpc) is 1.61. The van der Waals surface area contributed by atoms with Crippen molar-refractivity contribution in [2.24, 2.45) is 0 Å². The molecule has 0 spiro atoms. The predicted octanol–water partition coefficient (Wildman–Crippen LogP) is 1.76. The van der Waals surface area contributed by atoms with Gasteiger partial charge in [0, 0.05) is 9.47 Å². The summed E-state index contributed by atoms with van der Waals surface area (Å²) in [5, 5.41) is 0. The first kappa shape index (κ1) is 7.13. The molecule has 0 rings (SSSR count). The van der Waals surface area contributed by atoms with Crippen LogP contribution < -0.4 is 0 Å². The zero-order valence-corrected chi connectivity index (χ0v) is 5.76. The highest BCUT2D eigenvalue weighted by atomic mass is 31.0. The minimum absolute atomic E-state index is 0.764. The highest BCUT2D eigenvalue weighted by molar-refractivity contribution is 7.09. The van der Waals surface area contributed by atoms with Crippen LogP contribution >= 0.6 is 9.47 Å². The van der Waals surface area contributed by atoms with E-state index in [1.165, 1.54) is 5.57 Å². The van der Waals surface area contributed by atoms with E-state index in [1.807, 2.05) is 6.92 Å². The molecule has 0 saturated heterocycles. The summed E-state index contributed by atoms with van der Waals surface area (Å²) in [6.07, 6.45) is 0.962. The Hall–Kier alpha value is 0.130. The van der Waals surface area contributed by atoms with Gasteiger partial charge in [0.15, 0.2) is 0 Å². The molecular weight excluding hydrogens is 107 g/mol. The smallest absolute Gasteiger partial charge is 0.0538 e. The molecule has 7 heavy (non-hydrogen) atoms. The van der Waals surface area contributed by atoms with Gasteiger partial charge < -0.3 is 4.52 Å². The van der Waals surface area contributed by atoms with E-state index < -0.39 is 0 Å². The highest BCUT2D eigenvalue weighted by Crippen LogP contribution is 1.96. The minimum atomic E-state index is 0.764. The lowest BCUT2D eigenvalue weighted by Crippen LogP contribution is -1.81. The zero-order chi connectivity index (χ0) is 5.70. The Morgan fingerprint density at radius 1 is 1.86 bits per heavy atom. The summed E-state index contributed by atoms with van der Waals surface area (Å²) in [4.78, 5) is 0. The summed E-state index contributed by atoms with van der Waals surface area (Å²) in [5.41, 5.74) is 1.17. The fourth-order valence-corrected chi connectivity index (χ4v) is 0.351. The van der Waals surface area contributed by atoms with E-state index in [1.54, 1.807) is 0 Å². The maximum absolute atomic E-state index is 4.71. The van der Waals surface area contributed by atoms with Crippen LogP contribution in [0.3, 0.4) is 0 Å². The standard InChI is InChI=1S/C5H11OP/c1-5(2)3-4-6-7/h1,3-4,7H2,2H3. The largest absolute Gasteiger partial charge is 0.365 e. The van der Waals surface area contributed by atoms with Crippen LogP contribution in [0.2, 0.25) is 0 Å². The fraction of sp³-hybridized carbons (Fsp3) is 0.600. The molecule has 2 heteroatoms. The Morgan fingerprint density at radius 3 is 2.57 bits per heavy atom. The molecule has 0 aliphatic heterocycles. The third kappa shape index (κ3) is 6.13. The number of rotatable bonds is 3. The number of hydrogen-bond acceptors (Lipinski definition) is 1. The summed E-state index contributed by atoms with van der Waals surface area (Å²) in [5.74, 6) is 0. The van der Waals surface area contributed by atoms with Crippen LogP contribution in [0.1, 0.15) is 13.3 Å². The Balaban J connectivity index is 2.82. The maximum Gasteiger partial charge on any atom is 0.0538 e. The molecule has 1 nitrogen and oxygen atoms in total. The molecule has 0 aromatic carbocycles. The van der Waals surface area contributed by atoms with Gasteiger partial charge in [-0.1, -0.05) is 5.57 Å². The fourth-order valence-electron chi connectivity index (χ4n) is 0.233. The Bertz CT molecular complexity index is 61.1. The SMILES string of the molecule is C=C(C)CCOP. The van der Waals surface area contributed by atoms with Crippen molar-refractivity contribution >= 4 is 9.47 Å². The molecule has 0 aliphatic rings. The van der Waals surface area contributed by atoms with Crippen LogP contribution in [0.4, 0.5) is 0 Å². The van der Waals surface area contributed by atoms with Crippen molar-refractivity contribution in [2.45, 2.75) is 13.3 Å². The molecule has 0 amide bonds. The van der Waals surface area contributed by atoms with Crippen molar-refractivity contribution in [3.8, 4) is 0 Å². The Morgan fingerprint density at radius 2 is 2.43 bits per heavy atom. The molecule has 0 aromatic rings. The second-order valence-electron chi connectivity index (χ2n) is 1.58. The van der Waals surface area contributed by atoms with Crippen LogP contribution in [0.5, 0.6) is 0 Å². The average molecular weight is 118 g/mol. The topological polar surface area (TPSA) is 9.23 Å². The molecule has 1 atom stereocenters. The van der Waals surface area contributed by atoms with Gasteiger partial charge in [-0.2, -0.15) is 0 Å². The third-order valence-corrected chi connectivity index (χ3v) is 0.882.